The lowest BCUT2D eigenvalue weighted by molar-refractivity contribution is -0.121. The van der Waals surface area contributed by atoms with Crippen LogP contribution >= 0.6 is 0 Å². The number of benzene rings is 1. The van der Waals surface area contributed by atoms with Crippen molar-refractivity contribution >= 4 is 21.8 Å². The summed E-state index contributed by atoms with van der Waals surface area (Å²) in [6, 6.07) is 6.09. The molecule has 0 unspecified atom stereocenters. The summed E-state index contributed by atoms with van der Waals surface area (Å²) in [4.78, 5) is 25.0. The van der Waals surface area contributed by atoms with Gasteiger partial charge in [0.2, 0.25) is 5.91 Å². The summed E-state index contributed by atoms with van der Waals surface area (Å²) in [7, 11) is -3.24. The Hall–Kier alpha value is -2.09. The lowest BCUT2D eigenvalue weighted by atomic mass is 9.53. The summed E-state index contributed by atoms with van der Waals surface area (Å²) in [6.45, 7) is 2.13. The smallest absolute Gasteiger partial charge is 0.315 e. The molecule has 1 aromatic carbocycles. The second-order valence-corrected chi connectivity index (χ2v) is 12.0. The Bertz CT molecular complexity index is 907. The number of nitrogens with one attached hydrogen (secondary N) is 3. The number of hydrogen-bond acceptors (Lipinski definition) is 4. The first-order valence-electron chi connectivity index (χ1n) is 11.3. The van der Waals surface area contributed by atoms with Crippen LogP contribution in [0, 0.1) is 17.8 Å². The van der Waals surface area contributed by atoms with Crippen LogP contribution in [0.2, 0.25) is 0 Å². The van der Waals surface area contributed by atoms with Gasteiger partial charge in [-0.2, -0.15) is 0 Å². The molecule has 5 rings (SSSR count). The van der Waals surface area contributed by atoms with E-state index in [-0.39, 0.29) is 41.4 Å². The van der Waals surface area contributed by atoms with E-state index in [2.05, 4.69) is 16.0 Å². The van der Waals surface area contributed by atoms with Gasteiger partial charge in [-0.05, 0) is 80.9 Å². The van der Waals surface area contributed by atoms with Gasteiger partial charge in [0.25, 0.3) is 0 Å². The van der Waals surface area contributed by atoms with Crippen molar-refractivity contribution in [1.82, 2.24) is 16.0 Å². The molecule has 4 aliphatic rings. The highest BCUT2D eigenvalue weighted by molar-refractivity contribution is 7.90. The minimum Gasteiger partial charge on any atom is -0.350 e. The number of hydrogen-bond donors (Lipinski definition) is 3. The van der Waals surface area contributed by atoms with E-state index in [0.717, 1.165) is 42.6 Å². The zero-order chi connectivity index (χ0) is 22.2. The van der Waals surface area contributed by atoms with Crippen LogP contribution in [0.4, 0.5) is 4.79 Å². The Morgan fingerprint density at radius 1 is 1.03 bits per heavy atom. The molecule has 4 aliphatic carbocycles. The molecule has 0 spiro atoms. The minimum atomic E-state index is -3.24. The topological polar surface area (TPSA) is 104 Å². The molecule has 0 radical (unpaired) electrons. The van der Waals surface area contributed by atoms with Gasteiger partial charge in [0.1, 0.15) is 0 Å². The maximum Gasteiger partial charge on any atom is 0.315 e. The van der Waals surface area contributed by atoms with Crippen molar-refractivity contribution in [2.75, 3.05) is 12.8 Å². The van der Waals surface area contributed by atoms with E-state index < -0.39 is 9.84 Å². The van der Waals surface area contributed by atoms with Crippen LogP contribution < -0.4 is 16.0 Å². The SMILES string of the molecule is C[C@H](NC(=O)CCNC(=O)NC12CC3CC(CC(C3)C1)C2)c1ccc(S(C)(=O)=O)cc1. The van der Waals surface area contributed by atoms with E-state index in [1.165, 1.54) is 25.5 Å². The molecule has 0 aliphatic heterocycles. The first-order valence-corrected chi connectivity index (χ1v) is 13.2. The predicted octanol–water partition coefficient (Wildman–Crippen LogP) is 2.93. The van der Waals surface area contributed by atoms with Gasteiger partial charge >= 0.3 is 6.03 Å². The van der Waals surface area contributed by atoms with Crippen molar-refractivity contribution in [3.63, 3.8) is 0 Å². The Balaban J connectivity index is 1.20. The minimum absolute atomic E-state index is 0.0340. The van der Waals surface area contributed by atoms with Crippen LogP contribution in [0.1, 0.15) is 63.5 Å². The molecule has 7 nitrogen and oxygen atoms in total. The van der Waals surface area contributed by atoms with E-state index >= 15 is 0 Å². The first-order chi connectivity index (χ1) is 14.6. The molecular weight excluding hydrogens is 414 g/mol. The summed E-state index contributed by atoms with van der Waals surface area (Å²) in [5.74, 6) is 2.15. The maximum atomic E-state index is 12.5. The second kappa shape index (κ2) is 8.45. The molecule has 4 saturated carbocycles. The zero-order valence-corrected chi connectivity index (χ0v) is 19.1. The van der Waals surface area contributed by atoms with E-state index in [1.54, 1.807) is 24.3 Å². The Kier molecular flexibility index (Phi) is 6.03. The van der Waals surface area contributed by atoms with Crippen molar-refractivity contribution in [2.45, 2.75) is 68.3 Å². The summed E-state index contributed by atoms with van der Waals surface area (Å²) in [5.41, 5.74) is 0.793. The highest BCUT2D eigenvalue weighted by atomic mass is 32.2. The first kappa shape index (κ1) is 22.1. The largest absolute Gasteiger partial charge is 0.350 e. The van der Waals surface area contributed by atoms with Crippen molar-refractivity contribution < 1.29 is 18.0 Å². The molecule has 0 aromatic heterocycles. The number of amides is 3. The molecule has 8 heteroatoms. The number of sulfone groups is 1. The van der Waals surface area contributed by atoms with Crippen molar-refractivity contribution in [3.8, 4) is 0 Å². The van der Waals surface area contributed by atoms with Crippen LogP contribution in [0.25, 0.3) is 0 Å². The van der Waals surface area contributed by atoms with Crippen LogP contribution in [0.3, 0.4) is 0 Å². The summed E-state index contributed by atoms with van der Waals surface area (Å²) in [5, 5.41) is 8.99. The van der Waals surface area contributed by atoms with Gasteiger partial charge in [-0.25, -0.2) is 13.2 Å². The van der Waals surface area contributed by atoms with Crippen LogP contribution in [0.5, 0.6) is 0 Å². The van der Waals surface area contributed by atoms with Gasteiger partial charge < -0.3 is 16.0 Å². The molecule has 1 aromatic rings. The molecular formula is C23H33N3O4S. The summed E-state index contributed by atoms with van der Waals surface area (Å²) < 4.78 is 23.1. The standard InChI is InChI=1S/C23H33N3O4S/c1-15(19-3-5-20(6-4-19)31(2,29)30)25-21(27)7-8-24-22(28)26-23-12-16-9-17(13-23)11-18(10-16)14-23/h3-6,15-18H,7-14H2,1-2H3,(H,25,27)(H2,24,26,28)/t15-,16?,17?,18?,23?/m0/s1. The third-order valence-corrected chi connectivity index (χ3v) is 8.37. The van der Waals surface area contributed by atoms with Crippen LogP contribution in [-0.2, 0) is 14.6 Å². The summed E-state index contributed by atoms with van der Waals surface area (Å²) >= 11 is 0. The number of rotatable bonds is 7. The third kappa shape index (κ3) is 5.22. The molecule has 4 bridgehead atoms. The Morgan fingerprint density at radius 3 is 2.10 bits per heavy atom. The fourth-order valence-electron chi connectivity index (χ4n) is 6.24. The maximum absolute atomic E-state index is 12.5. The number of carbonyl (C=O) groups excluding carboxylic acids is 2. The predicted molar refractivity (Wildman–Crippen MR) is 118 cm³/mol. The Labute approximate surface area is 184 Å². The van der Waals surface area contributed by atoms with Crippen molar-refractivity contribution in [2.24, 2.45) is 17.8 Å². The summed E-state index contributed by atoms with van der Waals surface area (Å²) in [6.07, 6.45) is 8.65. The molecule has 3 N–H and O–H groups in total. The van der Waals surface area contributed by atoms with Crippen LogP contribution in [0.15, 0.2) is 29.2 Å². The van der Waals surface area contributed by atoms with Gasteiger partial charge in [-0.1, -0.05) is 12.1 Å². The van der Waals surface area contributed by atoms with Gasteiger partial charge in [-0.3, -0.25) is 4.79 Å². The van der Waals surface area contributed by atoms with Gasteiger partial charge in [0.05, 0.1) is 10.9 Å². The molecule has 0 saturated heterocycles. The number of carbonyl (C=O) groups is 2. The van der Waals surface area contributed by atoms with E-state index in [1.807, 2.05) is 6.92 Å². The molecule has 4 fully saturated rings. The van der Waals surface area contributed by atoms with Gasteiger partial charge in [0.15, 0.2) is 9.84 Å². The lowest BCUT2D eigenvalue weighted by Crippen LogP contribution is -2.61. The quantitative estimate of drug-likeness (QED) is 0.598. The van der Waals surface area contributed by atoms with E-state index in [9.17, 15) is 18.0 Å². The highest BCUT2D eigenvalue weighted by Gasteiger charge is 2.51. The molecule has 31 heavy (non-hydrogen) atoms. The monoisotopic (exact) mass is 447 g/mol. The zero-order valence-electron chi connectivity index (χ0n) is 18.3. The number of urea groups is 1. The van der Waals surface area contributed by atoms with Crippen LogP contribution in [-0.4, -0.2) is 38.7 Å². The second-order valence-electron chi connectivity index (χ2n) is 9.96. The molecule has 0 heterocycles. The fraction of sp³-hybridized carbons (Fsp3) is 0.652. The fourth-order valence-corrected chi connectivity index (χ4v) is 6.87. The van der Waals surface area contributed by atoms with E-state index in [0.29, 0.717) is 0 Å². The average molecular weight is 448 g/mol. The molecule has 3 amide bonds. The van der Waals surface area contributed by atoms with Gasteiger partial charge in [0, 0.05) is 24.8 Å². The van der Waals surface area contributed by atoms with E-state index in [4.69, 9.17) is 0 Å². The lowest BCUT2D eigenvalue weighted by Gasteiger charge is -2.56. The third-order valence-electron chi connectivity index (χ3n) is 7.24. The molecule has 1 atom stereocenters. The molecule has 170 valence electrons. The Morgan fingerprint density at radius 2 is 1.58 bits per heavy atom. The van der Waals surface area contributed by atoms with Crippen molar-refractivity contribution in [3.05, 3.63) is 29.8 Å². The highest BCUT2D eigenvalue weighted by Crippen LogP contribution is 2.55. The van der Waals surface area contributed by atoms with Crippen molar-refractivity contribution in [1.29, 1.82) is 0 Å². The average Bonchev–Trinajstić information content (AvgIpc) is 2.65. The van der Waals surface area contributed by atoms with Gasteiger partial charge in [-0.15, -0.1) is 0 Å². The normalized spacial score (nSPS) is 29.9.